The summed E-state index contributed by atoms with van der Waals surface area (Å²) >= 11 is 12.0. The van der Waals surface area contributed by atoms with Crippen LogP contribution in [0.25, 0.3) is 0 Å². The molecule has 1 aliphatic rings. The molecule has 1 unspecified atom stereocenters. The van der Waals surface area contributed by atoms with E-state index in [1.165, 1.54) is 11.8 Å². The van der Waals surface area contributed by atoms with Crippen LogP contribution in [0.15, 0.2) is 12.1 Å². The zero-order valence-corrected chi connectivity index (χ0v) is 11.1. The predicted molar refractivity (Wildman–Crippen MR) is 68.7 cm³/mol. The van der Waals surface area contributed by atoms with Crippen molar-refractivity contribution in [3.63, 3.8) is 0 Å². The van der Waals surface area contributed by atoms with E-state index in [2.05, 4.69) is 0 Å². The summed E-state index contributed by atoms with van der Waals surface area (Å²) in [5, 5.41) is 11.0. The van der Waals surface area contributed by atoms with Crippen LogP contribution in [0.1, 0.15) is 25.8 Å². The maximum Gasteiger partial charge on any atom is 0.263 e. The fraction of sp³-hybridized carbons (Fsp3) is 0.417. The molecule has 17 heavy (non-hydrogen) atoms. The highest BCUT2D eigenvalue weighted by Gasteiger charge is 2.47. The van der Waals surface area contributed by atoms with E-state index in [-0.39, 0.29) is 5.91 Å². The van der Waals surface area contributed by atoms with E-state index in [1.54, 1.807) is 12.1 Å². The molecule has 0 aliphatic carbocycles. The van der Waals surface area contributed by atoms with Crippen molar-refractivity contribution in [2.24, 2.45) is 0 Å². The minimum Gasteiger partial charge on any atom is -0.375 e. The van der Waals surface area contributed by atoms with Crippen molar-refractivity contribution in [3.8, 4) is 0 Å². The number of anilines is 1. The van der Waals surface area contributed by atoms with Crippen LogP contribution in [-0.4, -0.2) is 17.6 Å². The van der Waals surface area contributed by atoms with E-state index in [1.807, 2.05) is 6.92 Å². The highest BCUT2D eigenvalue weighted by atomic mass is 35.5. The summed E-state index contributed by atoms with van der Waals surface area (Å²) in [5.41, 5.74) is -0.506. The molecular formula is C12H13Cl2NO2. The van der Waals surface area contributed by atoms with Gasteiger partial charge in [0.2, 0.25) is 0 Å². The molecule has 1 heterocycles. The number of carbonyl (C=O) groups excluding carboxylic acids is 1. The first-order valence-electron chi connectivity index (χ1n) is 5.43. The van der Waals surface area contributed by atoms with Crippen molar-refractivity contribution in [2.75, 3.05) is 11.4 Å². The molecule has 0 radical (unpaired) electrons. The van der Waals surface area contributed by atoms with Gasteiger partial charge in [-0.05, 0) is 25.5 Å². The molecule has 1 amide bonds. The summed E-state index contributed by atoms with van der Waals surface area (Å²) in [6.07, 6.45) is 0.797. The molecule has 92 valence electrons. The van der Waals surface area contributed by atoms with Crippen molar-refractivity contribution >= 4 is 34.8 Å². The number of fused-ring (bicyclic) bond motifs is 1. The quantitative estimate of drug-likeness (QED) is 0.900. The van der Waals surface area contributed by atoms with Crippen LogP contribution in [0.3, 0.4) is 0 Å². The number of hydrogen-bond donors (Lipinski definition) is 1. The highest BCUT2D eigenvalue weighted by molar-refractivity contribution is 6.36. The van der Waals surface area contributed by atoms with Crippen LogP contribution in [-0.2, 0) is 10.4 Å². The van der Waals surface area contributed by atoms with Crippen LogP contribution < -0.4 is 4.90 Å². The maximum absolute atomic E-state index is 12.1. The summed E-state index contributed by atoms with van der Waals surface area (Å²) in [6, 6.07) is 3.21. The van der Waals surface area contributed by atoms with Gasteiger partial charge in [-0.2, -0.15) is 0 Å². The van der Waals surface area contributed by atoms with E-state index in [0.717, 1.165) is 6.42 Å². The van der Waals surface area contributed by atoms with Gasteiger partial charge in [0.05, 0.1) is 10.7 Å². The number of halogens is 2. The van der Waals surface area contributed by atoms with E-state index >= 15 is 0 Å². The van der Waals surface area contributed by atoms with Crippen molar-refractivity contribution in [3.05, 3.63) is 27.7 Å². The van der Waals surface area contributed by atoms with Gasteiger partial charge in [0.15, 0.2) is 5.60 Å². The summed E-state index contributed by atoms with van der Waals surface area (Å²) in [4.78, 5) is 13.6. The third kappa shape index (κ3) is 1.82. The van der Waals surface area contributed by atoms with E-state index < -0.39 is 5.60 Å². The third-order valence-electron chi connectivity index (χ3n) is 2.92. The summed E-state index contributed by atoms with van der Waals surface area (Å²) in [5.74, 6) is -0.349. The fourth-order valence-electron chi connectivity index (χ4n) is 2.18. The van der Waals surface area contributed by atoms with Gasteiger partial charge in [0.25, 0.3) is 5.91 Å². The Morgan fingerprint density at radius 2 is 2.06 bits per heavy atom. The molecule has 0 saturated carbocycles. The van der Waals surface area contributed by atoms with Gasteiger partial charge >= 0.3 is 0 Å². The Balaban J connectivity index is 2.65. The molecule has 1 aromatic rings. The molecule has 1 N–H and O–H groups in total. The summed E-state index contributed by atoms with van der Waals surface area (Å²) in [7, 11) is 0. The lowest BCUT2D eigenvalue weighted by molar-refractivity contribution is -0.134. The lowest BCUT2D eigenvalue weighted by Gasteiger charge is -2.18. The van der Waals surface area contributed by atoms with Gasteiger partial charge in [-0.15, -0.1) is 0 Å². The number of benzene rings is 1. The molecule has 0 saturated heterocycles. The van der Waals surface area contributed by atoms with Gasteiger partial charge in [-0.1, -0.05) is 30.1 Å². The van der Waals surface area contributed by atoms with Crippen LogP contribution in [0, 0.1) is 0 Å². The first-order valence-corrected chi connectivity index (χ1v) is 6.19. The monoisotopic (exact) mass is 273 g/mol. The molecule has 1 aliphatic heterocycles. The summed E-state index contributed by atoms with van der Waals surface area (Å²) < 4.78 is 0. The van der Waals surface area contributed by atoms with Gasteiger partial charge in [0.1, 0.15) is 0 Å². The second-order valence-corrected chi connectivity index (χ2v) is 5.15. The smallest absolute Gasteiger partial charge is 0.263 e. The Morgan fingerprint density at radius 1 is 1.41 bits per heavy atom. The van der Waals surface area contributed by atoms with Crippen LogP contribution >= 0.6 is 23.2 Å². The van der Waals surface area contributed by atoms with E-state index in [0.29, 0.717) is 27.8 Å². The van der Waals surface area contributed by atoms with E-state index in [4.69, 9.17) is 23.2 Å². The largest absolute Gasteiger partial charge is 0.375 e. The predicted octanol–water partition coefficient (Wildman–Crippen LogP) is 2.96. The number of rotatable bonds is 2. The standard InChI is InChI=1S/C12H13Cl2NO2/c1-3-4-15-9-6-7(13)5-8(14)10(9)12(2,17)11(15)16/h5-6,17H,3-4H2,1-2H3. The molecule has 0 aromatic heterocycles. The Bertz CT molecular complexity index is 486. The minimum absolute atomic E-state index is 0.324. The second-order valence-electron chi connectivity index (χ2n) is 4.31. The van der Waals surface area contributed by atoms with Gasteiger partial charge in [-0.25, -0.2) is 0 Å². The molecule has 0 fully saturated rings. The molecule has 1 aromatic carbocycles. The SMILES string of the molecule is CCCN1C(=O)C(C)(O)c2c(Cl)cc(Cl)cc21. The van der Waals surface area contributed by atoms with Gasteiger partial charge in [0, 0.05) is 17.1 Å². The number of hydrogen-bond acceptors (Lipinski definition) is 2. The van der Waals surface area contributed by atoms with Crippen LogP contribution in [0.4, 0.5) is 5.69 Å². The molecule has 0 spiro atoms. The molecule has 5 heteroatoms. The average molecular weight is 274 g/mol. The Hall–Kier alpha value is -0.770. The lowest BCUT2D eigenvalue weighted by Crippen LogP contribution is -2.38. The molecule has 0 bridgehead atoms. The Kier molecular flexibility index (Phi) is 3.10. The molecule has 2 rings (SSSR count). The molecule has 1 atom stereocenters. The first-order chi connectivity index (χ1) is 7.89. The number of amides is 1. The zero-order valence-electron chi connectivity index (χ0n) is 9.63. The third-order valence-corrected chi connectivity index (χ3v) is 3.44. The second kappa shape index (κ2) is 4.16. The van der Waals surface area contributed by atoms with Crippen LogP contribution in [0.2, 0.25) is 10.0 Å². The number of aliphatic hydroxyl groups is 1. The van der Waals surface area contributed by atoms with Crippen molar-refractivity contribution in [2.45, 2.75) is 25.9 Å². The Labute approximate surface area is 110 Å². The fourth-order valence-corrected chi connectivity index (χ4v) is 2.85. The van der Waals surface area contributed by atoms with Crippen LogP contribution in [0.5, 0.6) is 0 Å². The average Bonchev–Trinajstić information content (AvgIpc) is 2.39. The zero-order chi connectivity index (χ0) is 12.8. The van der Waals surface area contributed by atoms with Crippen molar-refractivity contribution in [1.82, 2.24) is 0 Å². The number of nitrogens with zero attached hydrogens (tertiary/aromatic N) is 1. The lowest BCUT2D eigenvalue weighted by atomic mass is 9.98. The normalized spacial score (nSPS) is 23.1. The van der Waals surface area contributed by atoms with Crippen molar-refractivity contribution in [1.29, 1.82) is 0 Å². The van der Waals surface area contributed by atoms with E-state index in [9.17, 15) is 9.90 Å². The summed E-state index contributed by atoms with van der Waals surface area (Å²) in [6.45, 7) is 3.97. The van der Waals surface area contributed by atoms with Crippen molar-refractivity contribution < 1.29 is 9.90 Å². The van der Waals surface area contributed by atoms with Gasteiger partial charge < -0.3 is 10.0 Å². The topological polar surface area (TPSA) is 40.5 Å². The highest BCUT2D eigenvalue weighted by Crippen LogP contribution is 2.45. The first kappa shape index (κ1) is 12.7. The maximum atomic E-state index is 12.1. The number of carbonyl (C=O) groups is 1. The Morgan fingerprint density at radius 3 is 2.65 bits per heavy atom. The molecular weight excluding hydrogens is 261 g/mol. The molecule has 3 nitrogen and oxygen atoms in total. The minimum atomic E-state index is -1.56. The van der Waals surface area contributed by atoms with Gasteiger partial charge in [-0.3, -0.25) is 4.79 Å².